The fourth-order valence-electron chi connectivity index (χ4n) is 8.95. The summed E-state index contributed by atoms with van der Waals surface area (Å²) in [4.78, 5) is 14.4. The van der Waals surface area contributed by atoms with Crippen LogP contribution in [0.25, 0.3) is 78.4 Å². The molecule has 56 heavy (non-hydrogen) atoms. The Hall–Kier alpha value is -6.96. The van der Waals surface area contributed by atoms with Gasteiger partial charge in [-0.1, -0.05) is 147 Å². The molecule has 266 valence electrons. The fraction of sp³-hybridized carbons (Fsp3) is 0.115. The minimum Gasteiger partial charge on any atom is -0.264 e. The van der Waals surface area contributed by atoms with Gasteiger partial charge in [-0.2, -0.15) is 5.26 Å². The lowest BCUT2D eigenvalue weighted by molar-refractivity contribution is 0.353. The van der Waals surface area contributed by atoms with Crippen LogP contribution in [0.4, 0.5) is 0 Å². The number of hydrogen-bond acceptors (Lipinski definition) is 4. The molecule has 8 aromatic rings. The predicted octanol–water partition coefficient (Wildman–Crippen LogP) is 13.0. The van der Waals surface area contributed by atoms with Gasteiger partial charge in [-0.3, -0.25) is 4.98 Å². The second-order valence-corrected chi connectivity index (χ2v) is 15.1. The van der Waals surface area contributed by atoms with Crippen molar-refractivity contribution in [1.82, 2.24) is 15.0 Å². The third-order valence-electron chi connectivity index (χ3n) is 11.9. The maximum atomic E-state index is 9.71. The molecule has 2 aliphatic carbocycles. The Morgan fingerprint density at radius 1 is 0.446 bits per heavy atom. The highest BCUT2D eigenvalue weighted by atomic mass is 14.9. The van der Waals surface area contributed by atoms with Crippen LogP contribution in [0, 0.1) is 11.3 Å². The van der Waals surface area contributed by atoms with Gasteiger partial charge in [0.1, 0.15) is 0 Å². The Labute approximate surface area is 327 Å². The SMILES string of the molecule is N#Cc1ccc2c(c1)C1(CCCCC1)c1cc(-c3ccc(-c4ccc(-c5cc(-c6ccc(-c7cccnc7)cc6)nc(-c6ccccc6)n5)cc4)cc3)ccc1-2. The van der Waals surface area contributed by atoms with Gasteiger partial charge in [0.05, 0.1) is 23.0 Å². The fourth-order valence-corrected chi connectivity index (χ4v) is 8.95. The zero-order chi connectivity index (χ0) is 37.5. The molecule has 0 unspecified atom stereocenters. The standard InChI is InChI=1S/C52H38N4/c53-33-35-11-25-45-46-26-24-43(31-48(46)52(47(45)30-35)27-5-2-6-28-52)38-14-12-36(13-15-38)37-16-20-40(21-17-37)49-32-50(56-51(55-49)42-8-3-1-4-9-42)41-22-18-39(19-23-41)44-10-7-29-54-34-44/h1,3-4,7-26,29-32,34H,2,5-6,27-28H2. The van der Waals surface area contributed by atoms with Crippen molar-refractivity contribution >= 4 is 0 Å². The summed E-state index contributed by atoms with van der Waals surface area (Å²) in [5.74, 6) is 0.700. The van der Waals surface area contributed by atoms with Gasteiger partial charge in [-0.05, 0) is 98.8 Å². The molecule has 4 nitrogen and oxygen atoms in total. The summed E-state index contributed by atoms with van der Waals surface area (Å²) < 4.78 is 0. The highest BCUT2D eigenvalue weighted by Crippen LogP contribution is 2.56. The Morgan fingerprint density at radius 3 is 1.55 bits per heavy atom. The van der Waals surface area contributed by atoms with Crippen molar-refractivity contribution in [2.45, 2.75) is 37.5 Å². The largest absolute Gasteiger partial charge is 0.264 e. The summed E-state index contributed by atoms with van der Waals surface area (Å²) in [6.07, 6.45) is 9.69. The number of hydrogen-bond donors (Lipinski definition) is 0. The average molecular weight is 719 g/mol. The number of nitriles is 1. The summed E-state index contributed by atoms with van der Waals surface area (Å²) in [7, 11) is 0. The van der Waals surface area contributed by atoms with E-state index in [1.807, 2.05) is 36.5 Å². The first-order chi connectivity index (χ1) is 27.6. The van der Waals surface area contributed by atoms with E-state index in [-0.39, 0.29) is 5.41 Å². The number of fused-ring (bicyclic) bond motifs is 5. The third kappa shape index (κ3) is 5.99. The Morgan fingerprint density at radius 2 is 0.964 bits per heavy atom. The van der Waals surface area contributed by atoms with Crippen molar-refractivity contribution in [1.29, 1.82) is 5.26 Å². The molecule has 1 fully saturated rings. The van der Waals surface area contributed by atoms with Crippen LogP contribution >= 0.6 is 0 Å². The van der Waals surface area contributed by atoms with Crippen LogP contribution in [0.15, 0.2) is 170 Å². The summed E-state index contributed by atoms with van der Waals surface area (Å²) in [6.45, 7) is 0. The van der Waals surface area contributed by atoms with Gasteiger partial charge in [0.2, 0.25) is 0 Å². The minimum atomic E-state index is 0.00465. The van der Waals surface area contributed by atoms with E-state index in [4.69, 9.17) is 9.97 Å². The van der Waals surface area contributed by atoms with Crippen LogP contribution in [0.2, 0.25) is 0 Å². The van der Waals surface area contributed by atoms with Gasteiger partial charge in [0.25, 0.3) is 0 Å². The summed E-state index contributed by atoms with van der Waals surface area (Å²) in [5, 5.41) is 9.71. The molecular weight excluding hydrogens is 681 g/mol. The van der Waals surface area contributed by atoms with Crippen LogP contribution in [0.5, 0.6) is 0 Å². The zero-order valence-electron chi connectivity index (χ0n) is 31.0. The minimum absolute atomic E-state index is 0.00465. The molecule has 0 atom stereocenters. The van der Waals surface area contributed by atoms with Crippen LogP contribution in [0.3, 0.4) is 0 Å². The molecule has 6 aromatic carbocycles. The van der Waals surface area contributed by atoms with E-state index in [0.717, 1.165) is 63.2 Å². The van der Waals surface area contributed by atoms with Crippen molar-refractivity contribution in [2.24, 2.45) is 0 Å². The van der Waals surface area contributed by atoms with Gasteiger partial charge in [-0.15, -0.1) is 0 Å². The normalized spacial score (nSPS) is 13.8. The maximum absolute atomic E-state index is 9.71. The highest BCUT2D eigenvalue weighted by Gasteiger charge is 2.44. The molecule has 10 rings (SSSR count). The third-order valence-corrected chi connectivity index (χ3v) is 11.9. The number of benzene rings is 6. The summed E-state index contributed by atoms with van der Waals surface area (Å²) >= 11 is 0. The average Bonchev–Trinajstić information content (AvgIpc) is 3.54. The van der Waals surface area contributed by atoms with Crippen molar-refractivity contribution in [3.63, 3.8) is 0 Å². The van der Waals surface area contributed by atoms with E-state index in [1.54, 1.807) is 6.20 Å². The smallest absolute Gasteiger partial charge is 0.160 e. The Kier molecular flexibility index (Phi) is 8.42. The molecular formula is C52H38N4. The van der Waals surface area contributed by atoms with Gasteiger partial charge in [0, 0.05) is 34.5 Å². The molecule has 0 aliphatic heterocycles. The molecule has 1 saturated carbocycles. The lowest BCUT2D eigenvalue weighted by Gasteiger charge is -2.36. The summed E-state index contributed by atoms with van der Waals surface area (Å²) in [5.41, 5.74) is 18.0. The van der Waals surface area contributed by atoms with Crippen LogP contribution in [-0.2, 0) is 5.41 Å². The van der Waals surface area contributed by atoms with E-state index >= 15 is 0 Å². The quantitative estimate of drug-likeness (QED) is 0.172. The van der Waals surface area contributed by atoms with E-state index < -0.39 is 0 Å². The second kappa shape index (κ2) is 14.0. The lowest BCUT2D eigenvalue weighted by Crippen LogP contribution is -2.28. The number of pyridine rings is 1. The van der Waals surface area contributed by atoms with Gasteiger partial charge >= 0.3 is 0 Å². The first kappa shape index (κ1) is 33.6. The molecule has 0 bridgehead atoms. The molecule has 2 heterocycles. The molecule has 0 N–H and O–H groups in total. The lowest BCUT2D eigenvalue weighted by atomic mass is 9.67. The highest BCUT2D eigenvalue weighted by molar-refractivity contribution is 5.85. The number of aromatic nitrogens is 3. The van der Waals surface area contributed by atoms with E-state index in [0.29, 0.717) is 5.82 Å². The first-order valence-electron chi connectivity index (χ1n) is 19.5. The second-order valence-electron chi connectivity index (χ2n) is 15.1. The van der Waals surface area contributed by atoms with Crippen LogP contribution in [-0.4, -0.2) is 15.0 Å². The molecule has 4 heteroatoms. The molecule has 2 aromatic heterocycles. The van der Waals surface area contributed by atoms with Crippen molar-refractivity contribution in [3.05, 3.63) is 187 Å². The Balaban J connectivity index is 0.941. The zero-order valence-corrected chi connectivity index (χ0v) is 31.0. The van der Waals surface area contributed by atoms with Crippen LogP contribution < -0.4 is 0 Å². The predicted molar refractivity (Wildman–Crippen MR) is 226 cm³/mol. The monoisotopic (exact) mass is 718 g/mol. The number of nitrogens with zero attached hydrogens (tertiary/aromatic N) is 4. The Bertz CT molecular complexity index is 2740. The van der Waals surface area contributed by atoms with Crippen molar-refractivity contribution in [2.75, 3.05) is 0 Å². The molecule has 1 spiro atoms. The van der Waals surface area contributed by atoms with Crippen LogP contribution in [0.1, 0.15) is 48.8 Å². The molecule has 2 aliphatic rings. The topological polar surface area (TPSA) is 62.5 Å². The van der Waals surface area contributed by atoms with E-state index in [2.05, 4.69) is 138 Å². The molecule has 0 saturated heterocycles. The van der Waals surface area contributed by atoms with Crippen molar-refractivity contribution < 1.29 is 0 Å². The van der Waals surface area contributed by atoms with E-state index in [1.165, 1.54) is 58.2 Å². The van der Waals surface area contributed by atoms with Gasteiger partial charge < -0.3 is 0 Å². The first-order valence-corrected chi connectivity index (χ1v) is 19.5. The van der Waals surface area contributed by atoms with E-state index in [9.17, 15) is 5.26 Å². The molecule has 0 amide bonds. The van der Waals surface area contributed by atoms with Crippen molar-refractivity contribution in [3.8, 4) is 84.5 Å². The summed E-state index contributed by atoms with van der Waals surface area (Å²) in [6, 6.07) is 58.1. The van der Waals surface area contributed by atoms with Gasteiger partial charge in [0.15, 0.2) is 5.82 Å². The number of rotatable bonds is 6. The maximum Gasteiger partial charge on any atom is 0.160 e. The van der Waals surface area contributed by atoms with Gasteiger partial charge in [-0.25, -0.2) is 9.97 Å². The molecule has 0 radical (unpaired) electrons.